The van der Waals surface area contributed by atoms with Crippen molar-refractivity contribution in [2.45, 2.75) is 11.5 Å². The average molecular weight is 390 g/mol. The maximum absolute atomic E-state index is 12.6. The van der Waals surface area contributed by atoms with E-state index in [0.29, 0.717) is 12.4 Å². The maximum Gasteiger partial charge on any atom is 0.339 e. The Labute approximate surface area is 164 Å². The molecule has 0 unspecified atom stereocenters. The highest BCUT2D eigenvalue weighted by molar-refractivity contribution is 7.87. The summed E-state index contributed by atoms with van der Waals surface area (Å²) in [5, 5.41) is 1.82. The molecule has 0 aliphatic heterocycles. The smallest absolute Gasteiger partial charge is 0.339 e. The van der Waals surface area contributed by atoms with E-state index in [0.717, 1.165) is 16.3 Å². The molecule has 4 aromatic carbocycles. The van der Waals surface area contributed by atoms with Gasteiger partial charge < -0.3 is 8.92 Å². The van der Waals surface area contributed by atoms with Gasteiger partial charge in [-0.05, 0) is 52.7 Å². The summed E-state index contributed by atoms with van der Waals surface area (Å²) in [5.74, 6) is 0.875. The minimum absolute atomic E-state index is 0.121. The Bertz CT molecular complexity index is 1180. The fraction of sp³-hybridized carbons (Fsp3) is 0.0435. The summed E-state index contributed by atoms with van der Waals surface area (Å²) in [6.07, 6.45) is 0. The lowest BCUT2D eigenvalue weighted by Crippen LogP contribution is -2.09. The van der Waals surface area contributed by atoms with Gasteiger partial charge in [-0.2, -0.15) is 8.42 Å². The molecule has 0 saturated carbocycles. The van der Waals surface area contributed by atoms with E-state index in [2.05, 4.69) is 0 Å². The summed E-state index contributed by atoms with van der Waals surface area (Å²) in [7, 11) is -3.91. The zero-order valence-corrected chi connectivity index (χ0v) is 15.8. The molecule has 5 heteroatoms. The van der Waals surface area contributed by atoms with Gasteiger partial charge in [-0.1, -0.05) is 60.7 Å². The third-order valence-electron chi connectivity index (χ3n) is 4.29. The zero-order chi connectivity index (χ0) is 19.4. The molecule has 0 bridgehead atoms. The Balaban J connectivity index is 1.46. The van der Waals surface area contributed by atoms with E-state index in [4.69, 9.17) is 8.92 Å². The van der Waals surface area contributed by atoms with Crippen LogP contribution in [0.2, 0.25) is 0 Å². The number of fused-ring (bicyclic) bond motifs is 1. The van der Waals surface area contributed by atoms with Crippen molar-refractivity contribution >= 4 is 20.9 Å². The second-order valence-corrected chi connectivity index (χ2v) is 7.84. The maximum atomic E-state index is 12.6. The Hall–Kier alpha value is -3.31. The molecule has 0 aliphatic rings. The van der Waals surface area contributed by atoms with Crippen LogP contribution in [0.25, 0.3) is 10.8 Å². The number of hydrogen-bond donors (Lipinski definition) is 0. The van der Waals surface area contributed by atoms with E-state index in [1.165, 1.54) is 0 Å². The molecular weight excluding hydrogens is 372 g/mol. The molecule has 0 aliphatic carbocycles. The van der Waals surface area contributed by atoms with Crippen LogP contribution in [0.15, 0.2) is 102 Å². The topological polar surface area (TPSA) is 52.6 Å². The molecule has 140 valence electrons. The number of benzene rings is 4. The van der Waals surface area contributed by atoms with Crippen molar-refractivity contribution in [3.05, 3.63) is 103 Å². The van der Waals surface area contributed by atoms with E-state index in [9.17, 15) is 8.42 Å². The van der Waals surface area contributed by atoms with Crippen LogP contribution >= 0.6 is 0 Å². The number of hydrogen-bond acceptors (Lipinski definition) is 4. The van der Waals surface area contributed by atoms with Crippen molar-refractivity contribution in [1.29, 1.82) is 0 Å². The van der Waals surface area contributed by atoms with Gasteiger partial charge in [-0.3, -0.25) is 0 Å². The van der Waals surface area contributed by atoms with Crippen molar-refractivity contribution < 1.29 is 17.3 Å². The standard InChI is InChI=1S/C23H18O4S/c24-28(25,23-15-10-19-8-4-5-9-20(19)16-23)27-22-13-11-21(12-14-22)26-17-18-6-2-1-3-7-18/h1-16H,17H2. The molecule has 0 radical (unpaired) electrons. The van der Waals surface area contributed by atoms with Crippen molar-refractivity contribution in [2.75, 3.05) is 0 Å². The van der Waals surface area contributed by atoms with E-state index < -0.39 is 10.1 Å². The monoisotopic (exact) mass is 390 g/mol. The van der Waals surface area contributed by atoms with Crippen molar-refractivity contribution in [3.8, 4) is 11.5 Å². The third kappa shape index (κ3) is 4.15. The van der Waals surface area contributed by atoms with Gasteiger partial charge in [0.15, 0.2) is 0 Å². The largest absolute Gasteiger partial charge is 0.489 e. The third-order valence-corrected chi connectivity index (χ3v) is 5.53. The normalized spacial score (nSPS) is 11.3. The molecule has 0 heterocycles. The van der Waals surface area contributed by atoms with Crippen LogP contribution in [0.4, 0.5) is 0 Å². The lowest BCUT2D eigenvalue weighted by Gasteiger charge is -2.10. The second-order valence-electron chi connectivity index (χ2n) is 6.29. The van der Waals surface area contributed by atoms with Crippen LogP contribution in [0, 0.1) is 0 Å². The summed E-state index contributed by atoms with van der Waals surface area (Å²) in [4.78, 5) is 0.121. The van der Waals surface area contributed by atoms with Crippen molar-refractivity contribution in [1.82, 2.24) is 0 Å². The van der Waals surface area contributed by atoms with Gasteiger partial charge in [0.25, 0.3) is 0 Å². The van der Waals surface area contributed by atoms with E-state index in [-0.39, 0.29) is 10.6 Å². The Morgan fingerprint density at radius 1 is 0.643 bits per heavy atom. The van der Waals surface area contributed by atoms with Crippen LogP contribution in [0.5, 0.6) is 11.5 Å². The summed E-state index contributed by atoms with van der Waals surface area (Å²) in [6, 6.07) is 28.9. The molecule has 0 atom stereocenters. The Morgan fingerprint density at radius 2 is 1.29 bits per heavy atom. The van der Waals surface area contributed by atoms with Crippen LogP contribution in [-0.2, 0) is 16.7 Å². The molecule has 0 aromatic heterocycles. The number of rotatable bonds is 6. The van der Waals surface area contributed by atoms with Gasteiger partial charge >= 0.3 is 10.1 Å². The molecule has 0 N–H and O–H groups in total. The highest BCUT2D eigenvalue weighted by atomic mass is 32.2. The first kappa shape index (κ1) is 18.1. The van der Waals surface area contributed by atoms with Crippen LogP contribution in [0.3, 0.4) is 0 Å². The average Bonchev–Trinajstić information content (AvgIpc) is 2.73. The highest BCUT2D eigenvalue weighted by Crippen LogP contribution is 2.24. The van der Waals surface area contributed by atoms with Crippen LogP contribution < -0.4 is 8.92 Å². The molecule has 4 nitrogen and oxygen atoms in total. The lowest BCUT2D eigenvalue weighted by molar-refractivity contribution is 0.306. The minimum Gasteiger partial charge on any atom is -0.489 e. The molecule has 0 fully saturated rings. The van der Waals surface area contributed by atoms with Gasteiger partial charge in [0.1, 0.15) is 23.0 Å². The van der Waals surface area contributed by atoms with Gasteiger partial charge in [-0.25, -0.2) is 0 Å². The molecule has 4 rings (SSSR count). The van der Waals surface area contributed by atoms with Crippen molar-refractivity contribution in [2.24, 2.45) is 0 Å². The second kappa shape index (κ2) is 7.74. The van der Waals surface area contributed by atoms with Gasteiger partial charge in [0.05, 0.1) is 0 Å². The summed E-state index contributed by atoms with van der Waals surface area (Å²) in [6.45, 7) is 0.441. The zero-order valence-electron chi connectivity index (χ0n) is 15.0. The first-order valence-corrected chi connectivity index (χ1v) is 10.2. The minimum atomic E-state index is -3.91. The fourth-order valence-corrected chi connectivity index (χ4v) is 3.80. The first-order valence-electron chi connectivity index (χ1n) is 8.80. The summed E-state index contributed by atoms with van der Waals surface area (Å²) in [5.41, 5.74) is 1.06. The SMILES string of the molecule is O=S(=O)(Oc1ccc(OCc2ccccc2)cc1)c1ccc2ccccc2c1. The molecule has 0 amide bonds. The summed E-state index contributed by atoms with van der Waals surface area (Å²) < 4.78 is 36.2. The predicted molar refractivity (Wildman–Crippen MR) is 109 cm³/mol. The summed E-state index contributed by atoms with van der Waals surface area (Å²) >= 11 is 0. The van der Waals surface area contributed by atoms with E-state index in [1.54, 1.807) is 42.5 Å². The van der Waals surface area contributed by atoms with E-state index >= 15 is 0 Å². The molecular formula is C23H18O4S. The first-order chi connectivity index (χ1) is 13.6. The molecule has 28 heavy (non-hydrogen) atoms. The number of ether oxygens (including phenoxy) is 1. The predicted octanol–water partition coefficient (Wildman–Crippen LogP) is 5.19. The van der Waals surface area contributed by atoms with Crippen LogP contribution in [0.1, 0.15) is 5.56 Å². The Morgan fingerprint density at radius 3 is 2.04 bits per heavy atom. The molecule has 4 aromatic rings. The molecule has 0 saturated heterocycles. The van der Waals surface area contributed by atoms with Gasteiger partial charge in [0, 0.05) is 0 Å². The molecule has 0 spiro atoms. The van der Waals surface area contributed by atoms with Gasteiger partial charge in [0.2, 0.25) is 0 Å². The lowest BCUT2D eigenvalue weighted by atomic mass is 10.1. The van der Waals surface area contributed by atoms with Gasteiger partial charge in [-0.15, -0.1) is 0 Å². The highest BCUT2D eigenvalue weighted by Gasteiger charge is 2.17. The van der Waals surface area contributed by atoms with Crippen molar-refractivity contribution in [3.63, 3.8) is 0 Å². The fourth-order valence-electron chi connectivity index (χ4n) is 2.83. The Kier molecular flexibility index (Phi) is 5.00. The van der Waals surface area contributed by atoms with E-state index in [1.807, 2.05) is 54.6 Å². The quantitative estimate of drug-likeness (QED) is 0.425. The van der Waals surface area contributed by atoms with Crippen LogP contribution in [-0.4, -0.2) is 8.42 Å².